The molecule has 0 saturated carbocycles. The topological polar surface area (TPSA) is 67.6 Å². The molecule has 4 rings (SSSR count). The van der Waals surface area contributed by atoms with Gasteiger partial charge in [-0.3, -0.25) is 0 Å². The lowest BCUT2D eigenvalue weighted by atomic mass is 10.0. The summed E-state index contributed by atoms with van der Waals surface area (Å²) in [7, 11) is 0. The van der Waals surface area contributed by atoms with Crippen molar-refractivity contribution in [3.05, 3.63) is 76.7 Å². The maximum absolute atomic E-state index is 6.09. The minimum Gasteiger partial charge on any atom is -0.370 e. The quantitative estimate of drug-likeness (QED) is 0.492. The van der Waals surface area contributed by atoms with Gasteiger partial charge in [-0.05, 0) is 56.5 Å². The molecule has 1 N–H and O–H groups in total. The highest BCUT2D eigenvalue weighted by molar-refractivity contribution is 5.80. The van der Waals surface area contributed by atoms with E-state index in [2.05, 4.69) is 70.5 Å². The van der Waals surface area contributed by atoms with Gasteiger partial charge in [-0.1, -0.05) is 30.3 Å². The van der Waals surface area contributed by atoms with E-state index in [9.17, 15) is 0 Å². The number of aryl methyl sites for hydroxylation is 3. The average Bonchev–Trinajstić information content (AvgIpc) is 3.15. The van der Waals surface area contributed by atoms with Gasteiger partial charge in [0.2, 0.25) is 0 Å². The third-order valence-electron chi connectivity index (χ3n) is 5.68. The molecule has 1 aliphatic heterocycles. The largest absolute Gasteiger partial charge is 0.370 e. The molecule has 32 heavy (non-hydrogen) atoms. The van der Waals surface area contributed by atoms with E-state index in [1.54, 1.807) is 0 Å². The number of nitrogens with zero attached hydrogens (tertiary/aromatic N) is 5. The summed E-state index contributed by atoms with van der Waals surface area (Å²) in [4.78, 5) is 11.8. The zero-order valence-corrected chi connectivity index (χ0v) is 19.4. The van der Waals surface area contributed by atoms with Gasteiger partial charge in [-0.25, -0.2) is 14.7 Å². The van der Waals surface area contributed by atoms with Crippen molar-refractivity contribution in [2.24, 2.45) is 4.99 Å². The third kappa shape index (κ3) is 4.99. The van der Waals surface area contributed by atoms with Crippen LogP contribution in [-0.4, -0.2) is 51.9 Å². The van der Waals surface area contributed by atoms with Crippen molar-refractivity contribution in [2.45, 2.75) is 40.3 Å². The first-order valence-corrected chi connectivity index (χ1v) is 11.2. The number of nitrogens with one attached hydrogen (secondary N) is 1. The fourth-order valence-electron chi connectivity index (χ4n) is 4.07. The Morgan fingerprint density at radius 1 is 1.19 bits per heavy atom. The first-order chi connectivity index (χ1) is 15.5. The third-order valence-corrected chi connectivity index (χ3v) is 5.68. The number of hydrogen-bond acceptors (Lipinski definition) is 4. The maximum atomic E-state index is 6.09. The number of ether oxygens (including phenoxy) is 1. The molecule has 7 heteroatoms. The van der Waals surface area contributed by atoms with Crippen molar-refractivity contribution in [1.29, 1.82) is 0 Å². The van der Waals surface area contributed by atoms with Crippen LogP contribution < -0.4 is 5.32 Å². The molecule has 1 fully saturated rings. The van der Waals surface area contributed by atoms with Crippen LogP contribution in [0.1, 0.15) is 41.1 Å². The van der Waals surface area contributed by atoms with E-state index >= 15 is 0 Å². The van der Waals surface area contributed by atoms with Crippen molar-refractivity contribution < 1.29 is 4.74 Å². The zero-order valence-electron chi connectivity index (χ0n) is 19.4. The lowest BCUT2D eigenvalue weighted by Gasteiger charge is -2.35. The van der Waals surface area contributed by atoms with Gasteiger partial charge in [0.15, 0.2) is 11.8 Å². The highest BCUT2D eigenvalue weighted by Crippen LogP contribution is 2.25. The van der Waals surface area contributed by atoms with Gasteiger partial charge in [0.05, 0.1) is 25.4 Å². The monoisotopic (exact) mass is 432 g/mol. The minimum atomic E-state index is 0.0514. The van der Waals surface area contributed by atoms with Gasteiger partial charge >= 0.3 is 0 Å². The van der Waals surface area contributed by atoms with Gasteiger partial charge in [0.1, 0.15) is 6.10 Å². The number of aliphatic imine (C=N–C) groups is 1. The van der Waals surface area contributed by atoms with Crippen LogP contribution in [0.4, 0.5) is 0 Å². The van der Waals surface area contributed by atoms with E-state index in [4.69, 9.17) is 9.73 Å². The summed E-state index contributed by atoms with van der Waals surface area (Å²) < 4.78 is 7.96. The van der Waals surface area contributed by atoms with Crippen molar-refractivity contribution in [3.8, 4) is 5.82 Å². The maximum Gasteiger partial charge on any atom is 0.194 e. The SMILES string of the molecule is CCNC(=NCc1ccc(-n2nc(C)cc2C)nc1)N1CCOC(c2ccccc2C)C1. The summed E-state index contributed by atoms with van der Waals surface area (Å²) in [6.07, 6.45) is 1.93. The Morgan fingerprint density at radius 3 is 2.72 bits per heavy atom. The standard InChI is InChI=1S/C25H32N6O/c1-5-26-25(30-12-13-32-23(17-30)22-9-7-6-8-18(22)2)28-16-21-10-11-24(27-15-21)31-20(4)14-19(3)29-31/h6-11,14-15,23H,5,12-13,16-17H2,1-4H3,(H,26,28). The van der Waals surface area contributed by atoms with Crippen molar-refractivity contribution in [2.75, 3.05) is 26.2 Å². The summed E-state index contributed by atoms with van der Waals surface area (Å²) in [5, 5.41) is 7.95. The molecule has 0 amide bonds. The van der Waals surface area contributed by atoms with Gasteiger partial charge < -0.3 is 15.0 Å². The molecule has 0 spiro atoms. The lowest BCUT2D eigenvalue weighted by molar-refractivity contribution is -0.00834. The van der Waals surface area contributed by atoms with E-state index in [1.165, 1.54) is 11.1 Å². The zero-order chi connectivity index (χ0) is 22.5. The van der Waals surface area contributed by atoms with Crippen LogP contribution in [-0.2, 0) is 11.3 Å². The fourth-order valence-corrected chi connectivity index (χ4v) is 4.07. The number of guanidine groups is 1. The van der Waals surface area contributed by atoms with E-state index < -0.39 is 0 Å². The fraction of sp³-hybridized carbons (Fsp3) is 0.400. The molecule has 2 aromatic heterocycles. The molecule has 0 bridgehead atoms. The smallest absolute Gasteiger partial charge is 0.194 e. The minimum absolute atomic E-state index is 0.0514. The summed E-state index contributed by atoms with van der Waals surface area (Å²) in [6.45, 7) is 11.9. The molecule has 1 aliphatic rings. The molecule has 168 valence electrons. The molecule has 7 nitrogen and oxygen atoms in total. The van der Waals surface area contributed by atoms with Gasteiger partial charge in [0.25, 0.3) is 0 Å². The second-order valence-corrected chi connectivity index (χ2v) is 8.20. The lowest BCUT2D eigenvalue weighted by Crippen LogP contribution is -2.48. The highest BCUT2D eigenvalue weighted by atomic mass is 16.5. The van der Waals surface area contributed by atoms with Crippen LogP contribution in [0.25, 0.3) is 5.82 Å². The van der Waals surface area contributed by atoms with E-state index in [0.717, 1.165) is 48.4 Å². The Bertz CT molecular complexity index is 1070. The molecular formula is C25H32N6O. The Morgan fingerprint density at radius 2 is 2.03 bits per heavy atom. The van der Waals surface area contributed by atoms with Crippen molar-refractivity contribution in [3.63, 3.8) is 0 Å². The molecule has 0 aliphatic carbocycles. The van der Waals surface area contributed by atoms with Crippen LogP contribution in [0.2, 0.25) is 0 Å². The van der Waals surface area contributed by atoms with Gasteiger partial charge in [0, 0.05) is 25.0 Å². The Labute approximate surface area is 190 Å². The van der Waals surface area contributed by atoms with Crippen LogP contribution >= 0.6 is 0 Å². The van der Waals surface area contributed by atoms with Crippen LogP contribution in [0.3, 0.4) is 0 Å². The number of rotatable bonds is 5. The predicted molar refractivity (Wildman–Crippen MR) is 127 cm³/mol. The Balaban J connectivity index is 1.47. The van der Waals surface area contributed by atoms with Crippen LogP contribution in [0.5, 0.6) is 0 Å². The molecule has 3 aromatic rings. The average molecular weight is 433 g/mol. The highest BCUT2D eigenvalue weighted by Gasteiger charge is 2.25. The van der Waals surface area contributed by atoms with Crippen molar-refractivity contribution >= 4 is 5.96 Å². The number of aromatic nitrogens is 3. The Kier molecular flexibility index (Phi) is 6.85. The molecule has 0 radical (unpaired) electrons. The number of benzene rings is 1. The molecule has 1 aromatic carbocycles. The molecule has 1 saturated heterocycles. The van der Waals surface area contributed by atoms with Crippen molar-refractivity contribution in [1.82, 2.24) is 25.0 Å². The van der Waals surface area contributed by atoms with E-state index in [1.807, 2.05) is 30.8 Å². The number of hydrogen-bond donors (Lipinski definition) is 1. The summed E-state index contributed by atoms with van der Waals surface area (Å²) in [5.41, 5.74) is 5.63. The summed E-state index contributed by atoms with van der Waals surface area (Å²) in [6, 6.07) is 14.6. The number of pyridine rings is 1. The molecule has 1 unspecified atom stereocenters. The first-order valence-electron chi connectivity index (χ1n) is 11.2. The molecule has 1 atom stereocenters. The second kappa shape index (κ2) is 9.96. The van der Waals surface area contributed by atoms with E-state index in [-0.39, 0.29) is 6.10 Å². The molecular weight excluding hydrogens is 400 g/mol. The van der Waals surface area contributed by atoms with Crippen LogP contribution in [0.15, 0.2) is 53.7 Å². The van der Waals surface area contributed by atoms with Gasteiger partial charge in [-0.2, -0.15) is 5.10 Å². The second-order valence-electron chi connectivity index (χ2n) is 8.20. The van der Waals surface area contributed by atoms with E-state index in [0.29, 0.717) is 13.2 Å². The predicted octanol–water partition coefficient (Wildman–Crippen LogP) is 3.73. The number of morpholine rings is 1. The van der Waals surface area contributed by atoms with Gasteiger partial charge in [-0.15, -0.1) is 0 Å². The Hall–Kier alpha value is -3.19. The van der Waals surface area contributed by atoms with Crippen LogP contribution in [0, 0.1) is 20.8 Å². The first kappa shape index (κ1) is 22.0. The normalized spacial score (nSPS) is 16.9. The summed E-state index contributed by atoms with van der Waals surface area (Å²) >= 11 is 0. The molecule has 3 heterocycles. The summed E-state index contributed by atoms with van der Waals surface area (Å²) in [5.74, 6) is 1.74.